The van der Waals surface area contributed by atoms with Crippen LogP contribution < -0.4 is 11.1 Å². The maximum absolute atomic E-state index is 11.6. The molecule has 0 spiro atoms. The van der Waals surface area contributed by atoms with Crippen LogP contribution in [0.4, 0.5) is 9.80 Å². The van der Waals surface area contributed by atoms with Crippen molar-refractivity contribution in [2.24, 2.45) is 5.73 Å². The minimum Gasteiger partial charge on any atom is -0.453 e. The normalized spacial score (nSPS) is 13.6. The van der Waals surface area contributed by atoms with E-state index in [4.69, 9.17) is 5.73 Å². The number of hydrogen-bond acceptors (Lipinski definition) is 5. The molecule has 3 amide bonds. The molecule has 0 unspecified atom stereocenters. The van der Waals surface area contributed by atoms with Crippen LogP contribution in [0.15, 0.2) is 0 Å². The van der Waals surface area contributed by atoms with Gasteiger partial charge in [0.15, 0.2) is 0 Å². The predicted molar refractivity (Wildman–Crippen MR) is 73.7 cm³/mol. The van der Waals surface area contributed by atoms with Gasteiger partial charge in [0.1, 0.15) is 5.00 Å². The van der Waals surface area contributed by atoms with E-state index in [9.17, 15) is 14.4 Å². The van der Waals surface area contributed by atoms with Gasteiger partial charge in [0.25, 0.3) is 5.91 Å². The molecule has 3 N–H and O–H groups in total. The molecular weight excluding hydrogens is 282 g/mol. The molecule has 7 nitrogen and oxygen atoms in total. The van der Waals surface area contributed by atoms with E-state index in [1.165, 1.54) is 25.4 Å². The van der Waals surface area contributed by atoms with Crippen molar-refractivity contribution in [1.82, 2.24) is 4.90 Å². The lowest BCUT2D eigenvalue weighted by Crippen LogP contribution is -2.35. The molecule has 1 aliphatic rings. The average molecular weight is 297 g/mol. The van der Waals surface area contributed by atoms with Crippen molar-refractivity contribution in [2.45, 2.75) is 19.9 Å². The summed E-state index contributed by atoms with van der Waals surface area (Å²) in [5, 5.41) is 3.06. The third-order valence-electron chi connectivity index (χ3n) is 3.03. The van der Waals surface area contributed by atoms with Crippen molar-refractivity contribution in [1.29, 1.82) is 0 Å². The molecule has 1 aromatic heterocycles. The lowest BCUT2D eigenvalue weighted by molar-refractivity contribution is -0.114. The highest BCUT2D eigenvalue weighted by Crippen LogP contribution is 2.36. The van der Waals surface area contributed by atoms with E-state index in [0.717, 1.165) is 10.4 Å². The van der Waals surface area contributed by atoms with Crippen LogP contribution in [-0.4, -0.2) is 36.5 Å². The number of carbonyl (C=O) groups excluding carboxylic acids is 3. The Kier molecular flexibility index (Phi) is 3.93. The highest BCUT2D eigenvalue weighted by Gasteiger charge is 2.29. The second-order valence-corrected chi connectivity index (χ2v) is 5.50. The van der Waals surface area contributed by atoms with Gasteiger partial charge in [0.2, 0.25) is 5.91 Å². The zero-order chi connectivity index (χ0) is 14.9. The third kappa shape index (κ3) is 2.60. The molecule has 1 aromatic rings. The zero-order valence-corrected chi connectivity index (χ0v) is 12.0. The highest BCUT2D eigenvalue weighted by atomic mass is 32.1. The molecule has 0 aliphatic carbocycles. The number of ether oxygens (including phenoxy) is 1. The van der Waals surface area contributed by atoms with Gasteiger partial charge >= 0.3 is 6.09 Å². The molecule has 2 heterocycles. The van der Waals surface area contributed by atoms with Gasteiger partial charge in [0.05, 0.1) is 19.2 Å². The first-order valence-corrected chi connectivity index (χ1v) is 6.80. The van der Waals surface area contributed by atoms with Gasteiger partial charge < -0.3 is 20.7 Å². The quantitative estimate of drug-likeness (QED) is 0.847. The smallest absolute Gasteiger partial charge is 0.409 e. The Morgan fingerprint density at radius 2 is 2.10 bits per heavy atom. The van der Waals surface area contributed by atoms with Crippen molar-refractivity contribution in [2.75, 3.05) is 19.0 Å². The summed E-state index contributed by atoms with van der Waals surface area (Å²) in [5.41, 5.74) is 6.55. The first kappa shape index (κ1) is 14.3. The summed E-state index contributed by atoms with van der Waals surface area (Å²) >= 11 is 1.27. The summed E-state index contributed by atoms with van der Waals surface area (Å²) in [6, 6.07) is 0. The van der Waals surface area contributed by atoms with E-state index in [0.29, 0.717) is 30.1 Å². The van der Waals surface area contributed by atoms with Crippen molar-refractivity contribution in [3.8, 4) is 0 Å². The SMILES string of the molecule is COC(=O)N1CCc2c(sc(NC(C)=O)c2C(N)=O)C1. The minimum atomic E-state index is -0.572. The van der Waals surface area contributed by atoms with Crippen LogP contribution in [0.25, 0.3) is 0 Å². The first-order valence-electron chi connectivity index (χ1n) is 5.98. The van der Waals surface area contributed by atoms with E-state index >= 15 is 0 Å². The molecule has 0 aromatic carbocycles. The van der Waals surface area contributed by atoms with E-state index < -0.39 is 12.0 Å². The number of nitrogens with zero attached hydrogens (tertiary/aromatic N) is 1. The molecule has 0 atom stereocenters. The fourth-order valence-electron chi connectivity index (χ4n) is 2.20. The van der Waals surface area contributed by atoms with Crippen LogP contribution in [0, 0.1) is 0 Å². The van der Waals surface area contributed by atoms with E-state index in [1.807, 2.05) is 0 Å². The van der Waals surface area contributed by atoms with Crippen LogP contribution in [0.3, 0.4) is 0 Å². The van der Waals surface area contributed by atoms with Crippen LogP contribution in [0.5, 0.6) is 0 Å². The van der Waals surface area contributed by atoms with Gasteiger partial charge in [-0.1, -0.05) is 0 Å². The van der Waals surface area contributed by atoms with Gasteiger partial charge in [0, 0.05) is 18.3 Å². The lowest BCUT2D eigenvalue weighted by atomic mass is 10.0. The Balaban J connectivity index is 2.37. The number of fused-ring (bicyclic) bond motifs is 1. The van der Waals surface area contributed by atoms with Crippen molar-refractivity contribution >= 4 is 34.2 Å². The molecule has 0 saturated heterocycles. The van der Waals surface area contributed by atoms with Gasteiger partial charge in [-0.3, -0.25) is 9.59 Å². The second kappa shape index (κ2) is 5.49. The third-order valence-corrected chi connectivity index (χ3v) is 4.16. The lowest BCUT2D eigenvalue weighted by Gasteiger charge is -2.25. The minimum absolute atomic E-state index is 0.268. The van der Waals surface area contributed by atoms with Gasteiger partial charge in [-0.05, 0) is 12.0 Å². The van der Waals surface area contributed by atoms with Gasteiger partial charge in [-0.2, -0.15) is 0 Å². The molecule has 0 saturated carbocycles. The summed E-state index contributed by atoms with van der Waals surface area (Å²) in [6.45, 7) is 2.17. The fourth-order valence-corrected chi connectivity index (χ4v) is 3.51. The largest absolute Gasteiger partial charge is 0.453 e. The van der Waals surface area contributed by atoms with Crippen LogP contribution >= 0.6 is 11.3 Å². The Morgan fingerprint density at radius 3 is 2.65 bits per heavy atom. The summed E-state index contributed by atoms with van der Waals surface area (Å²) in [7, 11) is 1.32. The van der Waals surface area contributed by atoms with Crippen molar-refractivity contribution < 1.29 is 19.1 Å². The number of methoxy groups -OCH3 is 1. The van der Waals surface area contributed by atoms with E-state index in [-0.39, 0.29) is 5.91 Å². The molecular formula is C12H15N3O4S. The maximum Gasteiger partial charge on any atom is 0.409 e. The van der Waals surface area contributed by atoms with Crippen molar-refractivity contribution in [3.05, 3.63) is 16.0 Å². The number of rotatable bonds is 2. The van der Waals surface area contributed by atoms with E-state index in [2.05, 4.69) is 10.1 Å². The molecule has 108 valence electrons. The van der Waals surface area contributed by atoms with Crippen molar-refractivity contribution in [3.63, 3.8) is 0 Å². The number of primary amides is 1. The summed E-state index contributed by atoms with van der Waals surface area (Å²) in [5.74, 6) is -0.839. The summed E-state index contributed by atoms with van der Waals surface area (Å²) in [4.78, 5) is 36.7. The topological polar surface area (TPSA) is 102 Å². The molecule has 0 bridgehead atoms. The number of anilines is 1. The Morgan fingerprint density at radius 1 is 1.40 bits per heavy atom. The molecule has 20 heavy (non-hydrogen) atoms. The molecule has 8 heteroatoms. The number of nitrogens with one attached hydrogen (secondary N) is 1. The summed E-state index contributed by atoms with van der Waals surface area (Å²) in [6.07, 6.45) is 0.101. The molecule has 0 radical (unpaired) electrons. The standard InChI is InChI=1S/C12H15N3O4S/c1-6(16)14-11-9(10(13)17)7-3-4-15(12(18)19-2)5-8(7)20-11/h3-5H2,1-2H3,(H2,13,17)(H,14,16). The Bertz CT molecular complexity index is 582. The second-order valence-electron chi connectivity index (χ2n) is 4.39. The monoisotopic (exact) mass is 297 g/mol. The summed E-state index contributed by atoms with van der Waals surface area (Å²) < 4.78 is 4.68. The Hall–Kier alpha value is -2.09. The van der Waals surface area contributed by atoms with Gasteiger partial charge in [-0.25, -0.2) is 4.79 Å². The molecule has 0 fully saturated rings. The average Bonchev–Trinajstić information content (AvgIpc) is 2.73. The number of amides is 3. The number of carbonyl (C=O) groups is 3. The number of hydrogen-bond donors (Lipinski definition) is 2. The highest BCUT2D eigenvalue weighted by molar-refractivity contribution is 7.17. The maximum atomic E-state index is 11.6. The Labute approximate surface area is 119 Å². The first-order chi connectivity index (χ1) is 9.43. The van der Waals surface area contributed by atoms with Crippen LogP contribution in [-0.2, 0) is 22.5 Å². The molecule has 1 aliphatic heterocycles. The van der Waals surface area contributed by atoms with Crippen LogP contribution in [0.1, 0.15) is 27.7 Å². The van der Waals surface area contributed by atoms with Gasteiger partial charge in [-0.15, -0.1) is 11.3 Å². The number of nitrogens with two attached hydrogens (primary N) is 1. The molecule has 2 rings (SSSR count). The number of thiophene rings is 1. The zero-order valence-electron chi connectivity index (χ0n) is 11.2. The van der Waals surface area contributed by atoms with E-state index in [1.54, 1.807) is 4.90 Å². The predicted octanol–water partition coefficient (Wildman–Crippen LogP) is 0.930. The fraction of sp³-hybridized carbons (Fsp3) is 0.417. The van der Waals surface area contributed by atoms with Crippen LogP contribution in [0.2, 0.25) is 0 Å².